The fourth-order valence-corrected chi connectivity index (χ4v) is 0.948. The number of hydrogen-bond acceptors (Lipinski definition) is 1. The van der Waals surface area contributed by atoms with Crippen molar-refractivity contribution in [2.24, 2.45) is 7.05 Å². The van der Waals surface area contributed by atoms with Crippen molar-refractivity contribution >= 4 is 7.25 Å². The van der Waals surface area contributed by atoms with E-state index in [1.807, 2.05) is 37.3 Å². The Hall–Kier alpha value is -1.05. The summed E-state index contributed by atoms with van der Waals surface area (Å²) in [5, 5.41) is 0. The highest BCUT2D eigenvalue weighted by Gasteiger charge is 2.20. The first-order valence-electron chi connectivity index (χ1n) is 4.79. The maximum atomic E-state index is 9.75. The van der Waals surface area contributed by atoms with Crippen molar-refractivity contribution in [2.75, 3.05) is 13.2 Å². The zero-order valence-electron chi connectivity index (χ0n) is 9.25. The van der Waals surface area contributed by atoms with Crippen LogP contribution in [0.3, 0.4) is 0 Å². The van der Waals surface area contributed by atoms with Crippen LogP contribution in [0.1, 0.15) is 6.92 Å². The first kappa shape index (κ1) is 15.0. The number of ether oxygens (including phenoxy) is 1. The predicted octanol–water partition coefficient (Wildman–Crippen LogP) is 1.65. The van der Waals surface area contributed by atoms with E-state index in [0.29, 0.717) is 0 Å². The molecule has 0 aliphatic rings. The molecule has 16 heavy (non-hydrogen) atoms. The molecule has 3 nitrogen and oxygen atoms in total. The van der Waals surface area contributed by atoms with Crippen LogP contribution in [0, 0.1) is 0 Å². The molecule has 0 aliphatic heterocycles. The van der Waals surface area contributed by atoms with Gasteiger partial charge in [0.05, 0.1) is 13.7 Å². The number of aromatic nitrogens is 2. The third-order valence-corrected chi connectivity index (χ3v) is 1.52. The largest absolute Gasteiger partial charge is 0.673 e. The summed E-state index contributed by atoms with van der Waals surface area (Å²) in [5.74, 6) is 0. The lowest BCUT2D eigenvalue weighted by Crippen LogP contribution is -2.24. The Morgan fingerprint density at radius 3 is 2.25 bits per heavy atom. The maximum absolute atomic E-state index is 9.75. The van der Waals surface area contributed by atoms with Gasteiger partial charge in [0.2, 0.25) is 6.33 Å². The van der Waals surface area contributed by atoms with Crippen LogP contribution in [0.15, 0.2) is 18.7 Å². The molecule has 0 radical (unpaired) electrons. The van der Waals surface area contributed by atoms with E-state index in [1.54, 1.807) is 0 Å². The van der Waals surface area contributed by atoms with Crippen molar-refractivity contribution < 1.29 is 26.6 Å². The minimum Gasteiger partial charge on any atom is -0.418 e. The highest BCUT2D eigenvalue weighted by atomic mass is 19.5. The van der Waals surface area contributed by atoms with Gasteiger partial charge in [-0.1, -0.05) is 0 Å². The van der Waals surface area contributed by atoms with E-state index in [2.05, 4.69) is 4.57 Å². The Bertz CT molecular complexity index is 284. The third kappa shape index (κ3) is 11.0. The van der Waals surface area contributed by atoms with Crippen molar-refractivity contribution in [3.63, 3.8) is 0 Å². The number of rotatable bonds is 4. The van der Waals surface area contributed by atoms with Crippen LogP contribution in [0.25, 0.3) is 0 Å². The third-order valence-electron chi connectivity index (χ3n) is 1.52. The Labute approximate surface area is 91.7 Å². The van der Waals surface area contributed by atoms with Crippen LogP contribution in [0.4, 0.5) is 17.3 Å². The number of imidazole rings is 1. The molecule has 1 aromatic heterocycles. The molecule has 0 saturated carbocycles. The molecule has 0 aromatic carbocycles. The standard InChI is InChI=1S/C8H15N2O.BF4/c1-3-11-7-6-10-5-4-9(2)8-10;2-1(3,4)5/h4-5,8H,3,6-7H2,1-2H3;/q+1;-1. The average molecular weight is 242 g/mol. The number of hydrogen-bond donors (Lipinski definition) is 0. The summed E-state index contributed by atoms with van der Waals surface area (Å²) in [6, 6.07) is 0. The van der Waals surface area contributed by atoms with Gasteiger partial charge in [0.1, 0.15) is 18.9 Å². The molecule has 0 amide bonds. The molecule has 0 aliphatic carbocycles. The van der Waals surface area contributed by atoms with Crippen molar-refractivity contribution in [1.29, 1.82) is 0 Å². The number of aryl methyl sites for hydroxylation is 1. The molecule has 94 valence electrons. The summed E-state index contributed by atoms with van der Waals surface area (Å²) in [6.45, 7) is 4.54. The van der Waals surface area contributed by atoms with Crippen molar-refractivity contribution in [3.8, 4) is 0 Å². The minimum absolute atomic E-state index is 0.797. The molecule has 0 fully saturated rings. The second-order valence-electron chi connectivity index (χ2n) is 3.01. The minimum atomic E-state index is -6.00. The molecular weight excluding hydrogens is 227 g/mol. The van der Waals surface area contributed by atoms with Crippen LogP contribution < -0.4 is 4.57 Å². The predicted molar refractivity (Wildman–Crippen MR) is 52.3 cm³/mol. The van der Waals surface area contributed by atoms with E-state index in [4.69, 9.17) is 4.74 Å². The molecule has 0 atom stereocenters. The lowest BCUT2D eigenvalue weighted by Gasteiger charge is -1.96. The monoisotopic (exact) mass is 242 g/mol. The quantitative estimate of drug-likeness (QED) is 0.340. The Kier molecular flexibility index (Phi) is 6.79. The van der Waals surface area contributed by atoms with Gasteiger partial charge in [-0.2, -0.15) is 0 Å². The highest BCUT2D eigenvalue weighted by molar-refractivity contribution is 6.50. The van der Waals surface area contributed by atoms with Gasteiger partial charge in [-0.3, -0.25) is 0 Å². The van der Waals surface area contributed by atoms with Gasteiger partial charge in [0.15, 0.2) is 0 Å². The topological polar surface area (TPSA) is 18.0 Å². The smallest absolute Gasteiger partial charge is 0.418 e. The van der Waals surface area contributed by atoms with Crippen LogP contribution >= 0.6 is 0 Å². The number of nitrogens with zero attached hydrogens (tertiary/aromatic N) is 2. The highest BCUT2D eigenvalue weighted by Crippen LogP contribution is 2.06. The van der Waals surface area contributed by atoms with Crippen LogP contribution in [-0.4, -0.2) is 25.0 Å². The molecule has 1 rings (SSSR count). The first-order chi connectivity index (χ1) is 7.33. The number of halogens is 4. The Morgan fingerprint density at radius 1 is 1.31 bits per heavy atom. The summed E-state index contributed by atoms with van der Waals surface area (Å²) in [5.41, 5.74) is 0. The van der Waals surface area contributed by atoms with Gasteiger partial charge in [-0.05, 0) is 6.92 Å². The second-order valence-corrected chi connectivity index (χ2v) is 3.01. The molecular formula is C8H15BF4N2O. The van der Waals surface area contributed by atoms with E-state index in [0.717, 1.165) is 19.8 Å². The Balaban J connectivity index is 0.000000385. The molecule has 0 spiro atoms. The zero-order chi connectivity index (χ0) is 12.6. The zero-order valence-corrected chi connectivity index (χ0v) is 9.25. The summed E-state index contributed by atoms with van der Waals surface area (Å²) in [7, 11) is -3.99. The second kappa shape index (κ2) is 7.26. The normalized spacial score (nSPS) is 10.9. The van der Waals surface area contributed by atoms with E-state index < -0.39 is 7.25 Å². The van der Waals surface area contributed by atoms with Crippen molar-refractivity contribution in [1.82, 2.24) is 4.57 Å². The molecule has 0 bridgehead atoms. The molecule has 0 N–H and O–H groups in total. The molecule has 8 heteroatoms. The van der Waals surface area contributed by atoms with Crippen LogP contribution in [-0.2, 0) is 18.3 Å². The van der Waals surface area contributed by atoms with E-state index >= 15 is 0 Å². The van der Waals surface area contributed by atoms with Crippen molar-refractivity contribution in [3.05, 3.63) is 18.7 Å². The fourth-order valence-electron chi connectivity index (χ4n) is 0.948. The fraction of sp³-hybridized carbons (Fsp3) is 0.625. The van der Waals surface area contributed by atoms with Gasteiger partial charge < -0.3 is 22.0 Å². The summed E-state index contributed by atoms with van der Waals surface area (Å²) >= 11 is 0. The van der Waals surface area contributed by atoms with Crippen LogP contribution in [0.5, 0.6) is 0 Å². The van der Waals surface area contributed by atoms with Crippen LogP contribution in [0.2, 0.25) is 0 Å². The van der Waals surface area contributed by atoms with E-state index in [-0.39, 0.29) is 0 Å². The first-order valence-corrected chi connectivity index (χ1v) is 4.79. The molecule has 1 aromatic rings. The average Bonchev–Trinajstić information content (AvgIpc) is 2.49. The lowest BCUT2D eigenvalue weighted by molar-refractivity contribution is -0.671. The SMILES string of the molecule is CCOCCn1cc[n+](C)c1.F[B-](F)(F)F. The lowest BCUT2D eigenvalue weighted by atomic mass is 10.3. The van der Waals surface area contributed by atoms with Gasteiger partial charge in [0.25, 0.3) is 0 Å². The summed E-state index contributed by atoms with van der Waals surface area (Å²) < 4.78 is 48.3. The molecule has 0 unspecified atom stereocenters. The van der Waals surface area contributed by atoms with Crippen molar-refractivity contribution in [2.45, 2.75) is 13.5 Å². The molecule has 1 heterocycles. The van der Waals surface area contributed by atoms with E-state index in [1.165, 1.54) is 0 Å². The Morgan fingerprint density at radius 2 is 1.88 bits per heavy atom. The van der Waals surface area contributed by atoms with Gasteiger partial charge in [-0.25, -0.2) is 9.13 Å². The van der Waals surface area contributed by atoms with E-state index in [9.17, 15) is 17.3 Å². The van der Waals surface area contributed by atoms with Gasteiger partial charge in [-0.15, -0.1) is 0 Å². The maximum Gasteiger partial charge on any atom is 0.673 e. The molecule has 0 saturated heterocycles. The summed E-state index contributed by atoms with van der Waals surface area (Å²) in [4.78, 5) is 0. The summed E-state index contributed by atoms with van der Waals surface area (Å²) in [6.07, 6.45) is 6.10. The van der Waals surface area contributed by atoms with Gasteiger partial charge >= 0.3 is 7.25 Å². The van der Waals surface area contributed by atoms with Gasteiger partial charge in [0, 0.05) is 6.61 Å².